The topological polar surface area (TPSA) is 84.8 Å². The van der Waals surface area contributed by atoms with Crippen molar-refractivity contribution in [3.63, 3.8) is 0 Å². The zero-order valence-corrected chi connectivity index (χ0v) is 22.6. The fourth-order valence-electron chi connectivity index (χ4n) is 3.91. The number of aliphatic hydroxyl groups is 1. The first-order valence-electron chi connectivity index (χ1n) is 11.4. The third-order valence-electron chi connectivity index (χ3n) is 5.19. The number of benzene rings is 1. The first kappa shape index (κ1) is 30.0. The molecular weight excluding hydrogens is 444 g/mol. The van der Waals surface area contributed by atoms with Gasteiger partial charge in [-0.3, -0.25) is 0 Å². The zero-order valence-electron chi connectivity index (χ0n) is 21.6. The van der Waals surface area contributed by atoms with E-state index in [1.165, 1.54) is 5.56 Å². The van der Waals surface area contributed by atoms with E-state index >= 15 is 0 Å². The Labute approximate surface area is 200 Å². The molecule has 8 nitrogen and oxygen atoms in total. The van der Waals surface area contributed by atoms with Crippen molar-refractivity contribution < 1.29 is 37.6 Å². The smallest absolute Gasteiger partial charge is 0.491 e. The highest BCUT2D eigenvalue weighted by atomic mass is 28.4. The maximum Gasteiger partial charge on any atom is 0.500 e. The summed E-state index contributed by atoms with van der Waals surface area (Å²) in [6.07, 6.45) is 0.589. The molecule has 9 heteroatoms. The van der Waals surface area contributed by atoms with Gasteiger partial charge in [0.05, 0.1) is 0 Å². The molecule has 0 fully saturated rings. The molecule has 0 saturated heterocycles. The van der Waals surface area contributed by atoms with E-state index in [0.717, 1.165) is 12.2 Å². The van der Waals surface area contributed by atoms with Crippen LogP contribution in [0.15, 0.2) is 24.3 Å². The zero-order chi connectivity index (χ0) is 25.0. The van der Waals surface area contributed by atoms with Crippen LogP contribution in [-0.4, -0.2) is 68.0 Å². The molecule has 0 amide bonds. The van der Waals surface area contributed by atoms with E-state index in [9.17, 15) is 5.11 Å². The van der Waals surface area contributed by atoms with Gasteiger partial charge in [0.25, 0.3) is 0 Å². The van der Waals surface area contributed by atoms with Crippen molar-refractivity contribution in [3.8, 4) is 5.75 Å². The first-order valence-corrected chi connectivity index (χ1v) is 13.3. The minimum atomic E-state index is -2.59. The first-order chi connectivity index (χ1) is 15.5. The molecule has 0 radical (unpaired) electrons. The highest BCUT2D eigenvalue weighted by molar-refractivity contribution is 6.60. The fraction of sp³-hybridized carbons (Fsp3) is 0.750. The lowest BCUT2D eigenvalue weighted by molar-refractivity contribution is -0.377. The number of aliphatic hydroxyl groups excluding tert-OH is 1. The Morgan fingerprint density at radius 3 is 2.03 bits per heavy atom. The predicted molar refractivity (Wildman–Crippen MR) is 129 cm³/mol. The van der Waals surface area contributed by atoms with Gasteiger partial charge in [-0.25, -0.2) is 9.78 Å². The summed E-state index contributed by atoms with van der Waals surface area (Å²) in [4.78, 5) is 9.89. The highest BCUT2D eigenvalue weighted by Gasteiger charge is 2.36. The summed E-state index contributed by atoms with van der Waals surface area (Å²) in [5, 5.41) is 9.77. The molecule has 192 valence electrons. The van der Waals surface area contributed by atoms with Gasteiger partial charge in [-0.05, 0) is 41.4 Å². The van der Waals surface area contributed by atoms with Crippen molar-refractivity contribution in [2.24, 2.45) is 5.41 Å². The lowest BCUT2D eigenvalue weighted by Gasteiger charge is -2.33. The minimum Gasteiger partial charge on any atom is -0.491 e. The molecule has 0 aliphatic carbocycles. The van der Waals surface area contributed by atoms with Gasteiger partial charge in [-0.15, -0.1) is 0 Å². The average molecular weight is 489 g/mol. The second-order valence-electron chi connectivity index (χ2n) is 9.84. The van der Waals surface area contributed by atoms with E-state index in [1.54, 1.807) is 21.3 Å². The Morgan fingerprint density at radius 2 is 1.48 bits per heavy atom. The Kier molecular flexibility index (Phi) is 13.1. The van der Waals surface area contributed by atoms with Crippen LogP contribution in [-0.2, 0) is 33.2 Å². The molecule has 1 atom stereocenters. The number of hydrogen-bond acceptors (Lipinski definition) is 8. The Morgan fingerprint density at radius 1 is 0.879 bits per heavy atom. The number of rotatable bonds is 17. The molecule has 1 aromatic carbocycles. The van der Waals surface area contributed by atoms with Gasteiger partial charge in [0.2, 0.25) is 6.29 Å². The maximum atomic E-state index is 9.77. The molecule has 1 N–H and O–H groups in total. The van der Waals surface area contributed by atoms with Crippen LogP contribution in [0, 0.1) is 5.41 Å². The lowest BCUT2D eigenvalue weighted by atomic mass is 9.72. The Bertz CT molecular complexity index is 633. The van der Waals surface area contributed by atoms with E-state index in [4.69, 9.17) is 32.5 Å². The van der Waals surface area contributed by atoms with Gasteiger partial charge in [-0.1, -0.05) is 46.8 Å². The summed E-state index contributed by atoms with van der Waals surface area (Å²) in [6.45, 7) is 12.2. The van der Waals surface area contributed by atoms with E-state index in [0.29, 0.717) is 25.7 Å². The van der Waals surface area contributed by atoms with Crippen molar-refractivity contribution in [2.45, 2.75) is 65.2 Å². The van der Waals surface area contributed by atoms with Gasteiger partial charge < -0.3 is 27.9 Å². The molecule has 0 saturated carbocycles. The van der Waals surface area contributed by atoms with Gasteiger partial charge in [-0.2, -0.15) is 0 Å². The third-order valence-corrected chi connectivity index (χ3v) is 8.02. The number of ether oxygens (including phenoxy) is 2. The van der Waals surface area contributed by atoms with Gasteiger partial charge in [0, 0.05) is 34.0 Å². The van der Waals surface area contributed by atoms with Crippen LogP contribution < -0.4 is 4.74 Å². The average Bonchev–Trinajstić information content (AvgIpc) is 2.75. The molecule has 1 unspecified atom stereocenters. The fourth-order valence-corrected chi connectivity index (χ4v) is 5.60. The van der Waals surface area contributed by atoms with E-state index < -0.39 is 15.1 Å². The molecule has 0 spiro atoms. The molecule has 33 heavy (non-hydrogen) atoms. The minimum absolute atomic E-state index is 0.00578. The lowest BCUT2D eigenvalue weighted by Crippen LogP contribution is -2.42. The second-order valence-corrected chi connectivity index (χ2v) is 12.9. The molecule has 0 aliphatic heterocycles. The predicted octanol–water partition coefficient (Wildman–Crippen LogP) is 4.33. The van der Waals surface area contributed by atoms with E-state index in [-0.39, 0.29) is 24.0 Å². The molecule has 0 bridgehead atoms. The van der Waals surface area contributed by atoms with Crippen LogP contribution in [0.5, 0.6) is 5.75 Å². The van der Waals surface area contributed by atoms with Crippen molar-refractivity contribution in [1.29, 1.82) is 0 Å². The molecule has 1 aromatic rings. The van der Waals surface area contributed by atoms with Crippen molar-refractivity contribution in [3.05, 3.63) is 29.8 Å². The van der Waals surface area contributed by atoms with Crippen molar-refractivity contribution >= 4 is 8.80 Å². The van der Waals surface area contributed by atoms with E-state index in [1.807, 2.05) is 12.1 Å². The molecule has 0 aromatic heterocycles. The summed E-state index contributed by atoms with van der Waals surface area (Å²) in [6, 6.07) is 8.78. The highest BCUT2D eigenvalue weighted by Crippen LogP contribution is 2.36. The Hall–Kier alpha value is -1.04. The van der Waals surface area contributed by atoms with Crippen molar-refractivity contribution in [2.75, 3.05) is 47.8 Å². The maximum absolute atomic E-state index is 9.77. The molecular formula is C24H44O8Si. The van der Waals surface area contributed by atoms with Crippen LogP contribution in [0.25, 0.3) is 0 Å². The molecule has 0 heterocycles. The summed E-state index contributed by atoms with van der Waals surface area (Å²) in [5.74, 6) is 0.764. The Balaban J connectivity index is 2.19. The third kappa shape index (κ3) is 11.8. The normalized spacial score (nSPS) is 13.8. The summed E-state index contributed by atoms with van der Waals surface area (Å²) in [5.41, 5.74) is 1.64. The van der Waals surface area contributed by atoms with Gasteiger partial charge in [0.15, 0.2) is 0 Å². The second kappa shape index (κ2) is 14.4. The summed E-state index contributed by atoms with van der Waals surface area (Å²) < 4.78 is 27.1. The standard InChI is InChI=1S/C24H44O8Si/c1-23(2,3)19-24(4,5)20-10-12-21(13-11-20)30-15-16-31-32-22(25)18-29-14-9-17-33(26-6,27-7)28-8/h10-13,22,25H,9,14-19H2,1-8H3. The van der Waals surface area contributed by atoms with Gasteiger partial charge in [0.1, 0.15) is 25.6 Å². The summed E-state index contributed by atoms with van der Waals surface area (Å²) in [7, 11) is 2.13. The molecule has 0 aliphatic rings. The largest absolute Gasteiger partial charge is 0.500 e. The van der Waals surface area contributed by atoms with Crippen LogP contribution in [0.2, 0.25) is 6.04 Å². The molecule has 1 rings (SSSR count). The number of hydrogen-bond donors (Lipinski definition) is 1. The quantitative estimate of drug-likeness (QED) is 0.114. The van der Waals surface area contributed by atoms with Crippen LogP contribution in [0.1, 0.15) is 53.0 Å². The summed E-state index contributed by atoms with van der Waals surface area (Å²) >= 11 is 0. The van der Waals surface area contributed by atoms with Crippen LogP contribution in [0.3, 0.4) is 0 Å². The monoisotopic (exact) mass is 488 g/mol. The van der Waals surface area contributed by atoms with E-state index in [2.05, 4.69) is 46.8 Å². The van der Waals surface area contributed by atoms with Crippen LogP contribution >= 0.6 is 0 Å². The van der Waals surface area contributed by atoms with Gasteiger partial charge >= 0.3 is 8.80 Å². The van der Waals surface area contributed by atoms with Crippen molar-refractivity contribution in [1.82, 2.24) is 0 Å². The van der Waals surface area contributed by atoms with Crippen LogP contribution in [0.4, 0.5) is 0 Å². The SMILES string of the molecule is CO[Si](CCCOCC(O)OOCCOc1ccc(C(C)(C)CC(C)(C)C)cc1)(OC)OC.